The molecule has 23 heavy (non-hydrogen) atoms. The molecule has 0 saturated carbocycles. The van der Waals surface area contributed by atoms with Gasteiger partial charge >= 0.3 is 0 Å². The molecule has 1 fully saturated rings. The first-order valence-corrected chi connectivity index (χ1v) is 7.67. The summed E-state index contributed by atoms with van der Waals surface area (Å²) in [5, 5.41) is 8.04. The zero-order valence-electron chi connectivity index (χ0n) is 12.6. The molecular formula is C17H16N4O2. The number of carbonyl (C=O) groups is 1. The third-order valence-corrected chi connectivity index (χ3v) is 4.13. The predicted molar refractivity (Wildman–Crippen MR) is 85.9 cm³/mol. The molecule has 1 aliphatic heterocycles. The third kappa shape index (κ3) is 2.42. The van der Waals surface area contributed by atoms with E-state index in [1.54, 1.807) is 23.1 Å². The molecule has 0 atom stereocenters. The number of carbonyl (C=O) groups excluding carboxylic acids is 1. The molecule has 6 heteroatoms. The number of anilines is 1. The molecule has 0 amide bonds. The topological polar surface area (TPSA) is 64.2 Å². The normalized spacial score (nSPS) is 14.3. The second-order valence-electron chi connectivity index (χ2n) is 5.54. The van der Waals surface area contributed by atoms with E-state index in [0.717, 1.165) is 18.8 Å². The van der Waals surface area contributed by atoms with E-state index in [4.69, 9.17) is 4.42 Å². The van der Waals surface area contributed by atoms with Crippen LogP contribution in [0.5, 0.6) is 0 Å². The van der Waals surface area contributed by atoms with Gasteiger partial charge in [-0.15, -0.1) is 5.10 Å². The van der Waals surface area contributed by atoms with E-state index < -0.39 is 0 Å². The second kappa shape index (κ2) is 5.72. The van der Waals surface area contributed by atoms with Gasteiger partial charge in [0.1, 0.15) is 5.69 Å². The maximum atomic E-state index is 11.2. The van der Waals surface area contributed by atoms with Gasteiger partial charge in [0.2, 0.25) is 0 Å². The van der Waals surface area contributed by atoms with E-state index in [1.165, 1.54) is 18.5 Å². The van der Waals surface area contributed by atoms with Crippen molar-refractivity contribution in [3.63, 3.8) is 0 Å². The maximum absolute atomic E-state index is 11.2. The molecule has 3 heterocycles. The largest absolute Gasteiger partial charge is 0.463 e. The van der Waals surface area contributed by atoms with Crippen LogP contribution in [0.4, 0.5) is 5.69 Å². The lowest BCUT2D eigenvalue weighted by molar-refractivity contribution is 0.111. The SMILES string of the molecule is O=Cc1nnn(-c2ccc(N3CCCC3)cc2)c1-c1ccco1. The summed E-state index contributed by atoms with van der Waals surface area (Å²) in [4.78, 5) is 13.6. The van der Waals surface area contributed by atoms with Crippen LogP contribution in [0.3, 0.4) is 0 Å². The average Bonchev–Trinajstić information content (AvgIpc) is 3.34. The number of hydrogen-bond acceptors (Lipinski definition) is 5. The monoisotopic (exact) mass is 308 g/mol. The predicted octanol–water partition coefficient (Wildman–Crippen LogP) is 2.94. The minimum absolute atomic E-state index is 0.267. The number of nitrogens with zero attached hydrogens (tertiary/aromatic N) is 4. The first-order valence-electron chi connectivity index (χ1n) is 7.67. The average molecular weight is 308 g/mol. The van der Waals surface area contributed by atoms with Crippen molar-refractivity contribution >= 4 is 12.0 Å². The molecule has 6 nitrogen and oxygen atoms in total. The number of rotatable bonds is 4. The molecule has 4 rings (SSSR count). The number of aromatic nitrogens is 3. The van der Waals surface area contributed by atoms with Crippen molar-refractivity contribution < 1.29 is 9.21 Å². The fraction of sp³-hybridized carbons (Fsp3) is 0.235. The van der Waals surface area contributed by atoms with Gasteiger partial charge < -0.3 is 9.32 Å². The van der Waals surface area contributed by atoms with Crippen LogP contribution >= 0.6 is 0 Å². The van der Waals surface area contributed by atoms with Crippen LogP contribution in [0.25, 0.3) is 17.1 Å². The van der Waals surface area contributed by atoms with Crippen molar-refractivity contribution in [2.24, 2.45) is 0 Å². The Labute approximate surface area is 133 Å². The molecule has 0 N–H and O–H groups in total. The Hall–Kier alpha value is -2.89. The molecule has 1 aliphatic rings. The molecule has 0 bridgehead atoms. The standard InChI is InChI=1S/C17H16N4O2/c22-12-15-17(16-4-3-11-23-16)21(19-18-15)14-7-5-13(6-8-14)20-9-1-2-10-20/h3-8,11-12H,1-2,9-10H2. The summed E-state index contributed by atoms with van der Waals surface area (Å²) >= 11 is 0. The Morgan fingerprint density at radius 1 is 1.04 bits per heavy atom. The van der Waals surface area contributed by atoms with Crippen molar-refractivity contribution in [2.75, 3.05) is 18.0 Å². The molecule has 1 saturated heterocycles. The third-order valence-electron chi connectivity index (χ3n) is 4.13. The lowest BCUT2D eigenvalue weighted by atomic mass is 10.2. The molecule has 2 aromatic heterocycles. The van der Waals surface area contributed by atoms with Crippen molar-refractivity contribution in [1.29, 1.82) is 0 Å². The van der Waals surface area contributed by atoms with Crippen LogP contribution in [0.2, 0.25) is 0 Å². The van der Waals surface area contributed by atoms with E-state index >= 15 is 0 Å². The summed E-state index contributed by atoms with van der Waals surface area (Å²) in [5.41, 5.74) is 2.89. The fourth-order valence-electron chi connectivity index (χ4n) is 2.98. The second-order valence-corrected chi connectivity index (χ2v) is 5.54. The summed E-state index contributed by atoms with van der Waals surface area (Å²) in [6, 6.07) is 11.7. The van der Waals surface area contributed by atoms with Gasteiger partial charge in [0.25, 0.3) is 0 Å². The van der Waals surface area contributed by atoms with Crippen LogP contribution in [-0.4, -0.2) is 34.4 Å². The lowest BCUT2D eigenvalue weighted by Crippen LogP contribution is -2.17. The first-order chi connectivity index (χ1) is 11.4. The van der Waals surface area contributed by atoms with Crippen molar-refractivity contribution in [1.82, 2.24) is 15.0 Å². The van der Waals surface area contributed by atoms with Gasteiger partial charge in [-0.1, -0.05) is 5.21 Å². The summed E-state index contributed by atoms with van der Waals surface area (Å²) in [6.45, 7) is 2.21. The highest BCUT2D eigenvalue weighted by molar-refractivity contribution is 5.82. The summed E-state index contributed by atoms with van der Waals surface area (Å²) in [7, 11) is 0. The molecule has 1 aromatic carbocycles. The van der Waals surface area contributed by atoms with Gasteiger partial charge in [-0.05, 0) is 49.2 Å². The van der Waals surface area contributed by atoms with E-state index in [0.29, 0.717) is 17.7 Å². The Morgan fingerprint density at radius 2 is 1.78 bits per heavy atom. The van der Waals surface area contributed by atoms with E-state index in [-0.39, 0.29) is 5.69 Å². The smallest absolute Gasteiger partial charge is 0.172 e. The number of aldehydes is 1. The van der Waals surface area contributed by atoms with Crippen LogP contribution in [0.1, 0.15) is 23.3 Å². The highest BCUT2D eigenvalue weighted by Crippen LogP contribution is 2.27. The molecule has 116 valence electrons. The van der Waals surface area contributed by atoms with Crippen molar-refractivity contribution in [3.05, 3.63) is 48.4 Å². The van der Waals surface area contributed by atoms with Gasteiger partial charge in [0, 0.05) is 18.8 Å². The number of benzene rings is 1. The van der Waals surface area contributed by atoms with Crippen LogP contribution in [0.15, 0.2) is 47.1 Å². The Bertz CT molecular complexity index is 800. The van der Waals surface area contributed by atoms with Gasteiger partial charge in [-0.25, -0.2) is 4.68 Å². The van der Waals surface area contributed by atoms with Crippen LogP contribution in [0, 0.1) is 0 Å². The Morgan fingerprint density at radius 3 is 2.43 bits per heavy atom. The maximum Gasteiger partial charge on any atom is 0.172 e. The minimum atomic E-state index is 0.267. The minimum Gasteiger partial charge on any atom is -0.463 e. The summed E-state index contributed by atoms with van der Waals surface area (Å²) in [6.07, 6.45) is 4.75. The molecule has 0 aliphatic carbocycles. The summed E-state index contributed by atoms with van der Waals surface area (Å²) < 4.78 is 7.05. The molecule has 0 radical (unpaired) electrons. The molecule has 0 spiro atoms. The summed E-state index contributed by atoms with van der Waals surface area (Å²) in [5.74, 6) is 0.570. The fourth-order valence-corrected chi connectivity index (χ4v) is 2.98. The molecule has 3 aromatic rings. The number of furan rings is 1. The van der Waals surface area contributed by atoms with E-state index in [1.807, 2.05) is 12.1 Å². The van der Waals surface area contributed by atoms with Crippen molar-refractivity contribution in [2.45, 2.75) is 12.8 Å². The van der Waals surface area contributed by atoms with Crippen LogP contribution < -0.4 is 4.90 Å². The zero-order valence-corrected chi connectivity index (χ0v) is 12.6. The van der Waals surface area contributed by atoms with Gasteiger partial charge in [-0.3, -0.25) is 4.79 Å². The Balaban J connectivity index is 1.73. The quantitative estimate of drug-likeness (QED) is 0.693. The first kappa shape index (κ1) is 13.8. The highest BCUT2D eigenvalue weighted by Gasteiger charge is 2.18. The van der Waals surface area contributed by atoms with E-state index in [2.05, 4.69) is 27.3 Å². The van der Waals surface area contributed by atoms with Crippen LogP contribution in [-0.2, 0) is 0 Å². The highest BCUT2D eigenvalue weighted by atomic mass is 16.3. The Kier molecular flexibility index (Phi) is 3.42. The zero-order chi connectivity index (χ0) is 15.6. The van der Waals surface area contributed by atoms with Crippen molar-refractivity contribution in [3.8, 4) is 17.1 Å². The molecular weight excluding hydrogens is 292 g/mol. The lowest BCUT2D eigenvalue weighted by Gasteiger charge is -2.17. The van der Waals surface area contributed by atoms with Gasteiger partial charge in [0.05, 0.1) is 12.0 Å². The molecule has 0 unspecified atom stereocenters. The van der Waals surface area contributed by atoms with Gasteiger partial charge in [-0.2, -0.15) is 0 Å². The van der Waals surface area contributed by atoms with Gasteiger partial charge in [0.15, 0.2) is 17.7 Å². The number of hydrogen-bond donors (Lipinski definition) is 0. The van der Waals surface area contributed by atoms with E-state index in [9.17, 15) is 4.79 Å².